The van der Waals surface area contributed by atoms with E-state index in [0.29, 0.717) is 0 Å². The van der Waals surface area contributed by atoms with Gasteiger partial charge in [-0.2, -0.15) is 0 Å². The number of H-pyrrole nitrogens is 1. The Morgan fingerprint density at radius 3 is 2.67 bits per heavy atom. The number of nitrogens with one attached hydrogen (secondary N) is 2. The first-order valence-electron chi connectivity index (χ1n) is 7.72. The molecule has 0 amide bonds. The summed E-state index contributed by atoms with van der Waals surface area (Å²) in [6.45, 7) is 0. The molecule has 5 rings (SSSR count). The number of imidazole rings is 1. The highest BCUT2D eigenvalue weighted by atomic mass is 15.0. The van der Waals surface area contributed by atoms with Crippen LogP contribution in [-0.2, 0) is 0 Å². The second kappa shape index (κ2) is 5.03. The highest BCUT2D eigenvalue weighted by Crippen LogP contribution is 2.42. The van der Waals surface area contributed by atoms with Crippen LogP contribution in [0.2, 0.25) is 0 Å². The number of hydrogen-bond donors (Lipinski definition) is 2. The lowest BCUT2D eigenvalue weighted by Gasteiger charge is -2.07. The zero-order chi connectivity index (χ0) is 15.9. The van der Waals surface area contributed by atoms with Gasteiger partial charge in [0.05, 0.1) is 17.6 Å². The zero-order valence-electron chi connectivity index (χ0n) is 12.7. The molecule has 4 heterocycles. The molecule has 1 aliphatic heterocycles. The minimum Gasteiger partial charge on any atom is -0.338 e. The van der Waals surface area contributed by atoms with E-state index in [1.807, 2.05) is 54.7 Å². The van der Waals surface area contributed by atoms with Gasteiger partial charge in [-0.25, -0.2) is 9.97 Å². The van der Waals surface area contributed by atoms with E-state index in [1.165, 1.54) is 0 Å². The summed E-state index contributed by atoms with van der Waals surface area (Å²) in [5.74, 6) is 1.64. The predicted molar refractivity (Wildman–Crippen MR) is 93.8 cm³/mol. The molecule has 0 fully saturated rings. The molecule has 3 aromatic heterocycles. The lowest BCUT2D eigenvalue weighted by Crippen LogP contribution is -1.95. The number of fused-ring (bicyclic) bond motifs is 5. The summed E-state index contributed by atoms with van der Waals surface area (Å²) < 4.78 is 0. The molecule has 0 spiro atoms. The number of hydrogen-bond acceptors (Lipinski definition) is 4. The second-order valence-electron chi connectivity index (χ2n) is 5.62. The van der Waals surface area contributed by atoms with Gasteiger partial charge < -0.3 is 10.3 Å². The van der Waals surface area contributed by atoms with Crippen molar-refractivity contribution in [3.63, 3.8) is 0 Å². The third-order valence-corrected chi connectivity index (χ3v) is 4.16. The van der Waals surface area contributed by atoms with Crippen LogP contribution in [-0.4, -0.2) is 19.9 Å². The fraction of sp³-hybridized carbons (Fsp3) is 0. The lowest BCUT2D eigenvalue weighted by atomic mass is 10.1. The van der Waals surface area contributed by atoms with Crippen LogP contribution in [0.4, 0.5) is 11.5 Å². The van der Waals surface area contributed by atoms with Gasteiger partial charge in [0, 0.05) is 29.1 Å². The van der Waals surface area contributed by atoms with Crippen LogP contribution in [0, 0.1) is 0 Å². The quantitative estimate of drug-likeness (QED) is 0.485. The standard InChI is InChI=1S/C19H13N5/c1-2-5-12(6-3-1)18-23-16-13-8-10-20-11-15(13)22-19-14(17(16)24-18)7-4-9-21-19/h1-11H,(H,21,22)(H,23,24). The fourth-order valence-corrected chi connectivity index (χ4v) is 3.03. The Morgan fingerprint density at radius 2 is 1.75 bits per heavy atom. The number of aromatic nitrogens is 4. The fourth-order valence-electron chi connectivity index (χ4n) is 3.03. The van der Waals surface area contributed by atoms with Crippen molar-refractivity contribution in [3.05, 3.63) is 67.1 Å². The van der Waals surface area contributed by atoms with Gasteiger partial charge in [0.2, 0.25) is 0 Å². The van der Waals surface area contributed by atoms with E-state index < -0.39 is 0 Å². The number of nitrogens with zero attached hydrogens (tertiary/aromatic N) is 3. The van der Waals surface area contributed by atoms with Gasteiger partial charge in [-0.05, 0) is 18.2 Å². The summed E-state index contributed by atoms with van der Waals surface area (Å²) in [6, 6.07) is 16.1. The van der Waals surface area contributed by atoms with E-state index in [0.717, 1.165) is 45.4 Å². The Hall–Kier alpha value is -3.47. The molecular formula is C19H13N5. The number of benzene rings is 1. The Morgan fingerprint density at radius 1 is 0.833 bits per heavy atom. The molecule has 1 aromatic carbocycles. The summed E-state index contributed by atoms with van der Waals surface area (Å²) >= 11 is 0. The monoisotopic (exact) mass is 311 g/mol. The number of aromatic amines is 1. The van der Waals surface area contributed by atoms with Gasteiger partial charge in [0.1, 0.15) is 17.3 Å². The summed E-state index contributed by atoms with van der Waals surface area (Å²) in [5, 5.41) is 3.36. The van der Waals surface area contributed by atoms with Gasteiger partial charge >= 0.3 is 0 Å². The normalized spacial score (nSPS) is 11.7. The minimum atomic E-state index is 0.789. The molecule has 2 N–H and O–H groups in total. The van der Waals surface area contributed by atoms with Crippen molar-refractivity contribution >= 4 is 11.5 Å². The average molecular weight is 311 g/mol. The van der Waals surface area contributed by atoms with E-state index in [-0.39, 0.29) is 0 Å². The SMILES string of the molecule is c1ccc(-c2nc3c([nH]2)-c2ccncc2Nc2ncccc2-3)cc1. The maximum Gasteiger partial charge on any atom is 0.139 e. The Balaban J connectivity index is 1.82. The van der Waals surface area contributed by atoms with Crippen LogP contribution < -0.4 is 5.32 Å². The van der Waals surface area contributed by atoms with Crippen LogP contribution in [0.1, 0.15) is 0 Å². The third-order valence-electron chi connectivity index (χ3n) is 4.16. The molecule has 0 saturated heterocycles. The van der Waals surface area contributed by atoms with Crippen molar-refractivity contribution in [1.29, 1.82) is 0 Å². The largest absolute Gasteiger partial charge is 0.338 e. The summed E-state index contributed by atoms with van der Waals surface area (Å²) in [6.07, 6.45) is 5.38. The number of anilines is 2. The molecule has 4 aromatic rings. The van der Waals surface area contributed by atoms with Crippen LogP contribution in [0.5, 0.6) is 0 Å². The van der Waals surface area contributed by atoms with Crippen LogP contribution in [0.15, 0.2) is 67.1 Å². The maximum absolute atomic E-state index is 4.87. The Kier molecular flexibility index (Phi) is 2.72. The van der Waals surface area contributed by atoms with E-state index in [4.69, 9.17) is 4.98 Å². The minimum absolute atomic E-state index is 0.789. The molecular weight excluding hydrogens is 298 g/mol. The molecule has 114 valence electrons. The van der Waals surface area contributed by atoms with E-state index in [9.17, 15) is 0 Å². The molecule has 0 aliphatic carbocycles. The van der Waals surface area contributed by atoms with Crippen LogP contribution >= 0.6 is 0 Å². The summed E-state index contributed by atoms with van der Waals surface area (Å²) in [5.41, 5.74) is 5.86. The topological polar surface area (TPSA) is 66.5 Å². The maximum atomic E-state index is 4.87. The molecule has 0 bridgehead atoms. The van der Waals surface area contributed by atoms with Crippen molar-refractivity contribution in [2.45, 2.75) is 0 Å². The highest BCUT2D eigenvalue weighted by Gasteiger charge is 2.23. The van der Waals surface area contributed by atoms with Crippen molar-refractivity contribution < 1.29 is 0 Å². The van der Waals surface area contributed by atoms with Gasteiger partial charge in [-0.15, -0.1) is 0 Å². The average Bonchev–Trinajstić information content (AvgIpc) is 3.03. The predicted octanol–water partition coefficient (Wildman–Crippen LogP) is 4.26. The van der Waals surface area contributed by atoms with Crippen LogP contribution in [0.3, 0.4) is 0 Å². The van der Waals surface area contributed by atoms with Crippen molar-refractivity contribution in [2.24, 2.45) is 0 Å². The smallest absolute Gasteiger partial charge is 0.139 e. The molecule has 0 radical (unpaired) electrons. The first kappa shape index (κ1) is 13.0. The molecule has 0 atom stereocenters. The van der Waals surface area contributed by atoms with E-state index in [2.05, 4.69) is 20.3 Å². The van der Waals surface area contributed by atoms with E-state index in [1.54, 1.807) is 12.4 Å². The molecule has 0 saturated carbocycles. The summed E-state index contributed by atoms with van der Waals surface area (Å²) in [7, 11) is 0. The molecule has 0 unspecified atom stereocenters. The van der Waals surface area contributed by atoms with Gasteiger partial charge in [0.25, 0.3) is 0 Å². The lowest BCUT2D eigenvalue weighted by molar-refractivity contribution is 1.26. The van der Waals surface area contributed by atoms with E-state index >= 15 is 0 Å². The molecule has 5 heteroatoms. The molecule has 1 aliphatic rings. The van der Waals surface area contributed by atoms with Gasteiger partial charge in [-0.1, -0.05) is 30.3 Å². The van der Waals surface area contributed by atoms with Crippen molar-refractivity contribution in [1.82, 2.24) is 19.9 Å². The highest BCUT2D eigenvalue weighted by molar-refractivity contribution is 5.95. The number of rotatable bonds is 1. The third kappa shape index (κ3) is 1.91. The second-order valence-corrected chi connectivity index (χ2v) is 5.62. The van der Waals surface area contributed by atoms with Crippen molar-refractivity contribution in [3.8, 4) is 33.9 Å². The van der Waals surface area contributed by atoms with Gasteiger partial charge in [-0.3, -0.25) is 4.98 Å². The Bertz CT molecular complexity index is 974. The molecule has 24 heavy (non-hydrogen) atoms. The number of pyridine rings is 2. The first-order chi connectivity index (χ1) is 11.9. The van der Waals surface area contributed by atoms with Crippen LogP contribution in [0.25, 0.3) is 33.9 Å². The summed E-state index contributed by atoms with van der Waals surface area (Å²) in [4.78, 5) is 17.0. The first-order valence-corrected chi connectivity index (χ1v) is 7.72. The molecule has 5 nitrogen and oxygen atoms in total. The van der Waals surface area contributed by atoms with Gasteiger partial charge in [0.15, 0.2) is 0 Å². The van der Waals surface area contributed by atoms with Crippen molar-refractivity contribution in [2.75, 3.05) is 5.32 Å². The zero-order valence-corrected chi connectivity index (χ0v) is 12.7. The Labute approximate surface area is 138 Å².